The van der Waals surface area contributed by atoms with Gasteiger partial charge in [-0.25, -0.2) is 0 Å². The van der Waals surface area contributed by atoms with Crippen molar-refractivity contribution in [3.63, 3.8) is 0 Å². The molecule has 0 unspecified atom stereocenters. The number of rotatable bonds is 2. The molecule has 0 amide bonds. The molecule has 10 aromatic rings. The van der Waals surface area contributed by atoms with Crippen LogP contribution in [0.4, 0.5) is 0 Å². The van der Waals surface area contributed by atoms with Crippen LogP contribution in [0.15, 0.2) is 142 Å². The second-order valence-electron chi connectivity index (χ2n) is 11.2. The maximum atomic E-state index is 6.51. The third kappa shape index (κ3) is 3.17. The van der Waals surface area contributed by atoms with E-state index in [1.165, 1.54) is 64.0 Å². The van der Waals surface area contributed by atoms with Crippen LogP contribution in [0.3, 0.4) is 0 Å². The van der Waals surface area contributed by atoms with Gasteiger partial charge in [0.25, 0.3) is 0 Å². The molecule has 43 heavy (non-hydrogen) atoms. The largest absolute Gasteiger partial charge is 0.464 e. The fourth-order valence-electron chi connectivity index (χ4n) is 7.15. The maximum absolute atomic E-state index is 6.51. The van der Waals surface area contributed by atoms with E-state index in [0.29, 0.717) is 0 Å². The van der Waals surface area contributed by atoms with Crippen molar-refractivity contribution in [1.29, 1.82) is 0 Å². The molecule has 3 aromatic heterocycles. The minimum Gasteiger partial charge on any atom is -0.464 e. The van der Waals surface area contributed by atoms with Crippen LogP contribution in [0.5, 0.6) is 0 Å². The molecule has 10 rings (SSSR count). The van der Waals surface area contributed by atoms with E-state index in [1.807, 2.05) is 23.5 Å². The summed E-state index contributed by atoms with van der Waals surface area (Å²) >= 11 is 1.86. The van der Waals surface area contributed by atoms with Crippen molar-refractivity contribution in [1.82, 2.24) is 0 Å². The van der Waals surface area contributed by atoms with Crippen LogP contribution >= 0.6 is 11.3 Å². The molecule has 0 bridgehead atoms. The Morgan fingerprint density at radius 1 is 0.442 bits per heavy atom. The number of benzene rings is 7. The summed E-state index contributed by atoms with van der Waals surface area (Å²) in [6, 6.07) is 46.0. The van der Waals surface area contributed by atoms with Crippen LogP contribution in [0.25, 0.3) is 96.9 Å². The van der Waals surface area contributed by atoms with E-state index in [0.717, 1.165) is 32.9 Å². The highest BCUT2D eigenvalue weighted by molar-refractivity contribution is 7.25. The SMILES string of the molecule is c1cc(-c2c3ccccc3c(-c3ccc4sc5ccccc5c4c3)c3ccccc23)c2c(c1)oc1c3ccoc3ccc12. The van der Waals surface area contributed by atoms with Gasteiger partial charge in [0.15, 0.2) is 0 Å². The molecule has 0 radical (unpaired) electrons. The molecule has 3 heterocycles. The van der Waals surface area contributed by atoms with Gasteiger partial charge >= 0.3 is 0 Å². The van der Waals surface area contributed by atoms with Crippen LogP contribution in [-0.2, 0) is 0 Å². The van der Waals surface area contributed by atoms with E-state index in [2.05, 4.69) is 115 Å². The third-order valence-electron chi connectivity index (χ3n) is 8.96. The van der Waals surface area contributed by atoms with Gasteiger partial charge in [-0.2, -0.15) is 0 Å². The summed E-state index contributed by atoms with van der Waals surface area (Å²) in [5.74, 6) is 0. The van der Waals surface area contributed by atoms with Crippen LogP contribution in [0.1, 0.15) is 0 Å². The molecule has 0 aliphatic rings. The summed E-state index contributed by atoms with van der Waals surface area (Å²) in [5.41, 5.74) is 7.52. The maximum Gasteiger partial charge on any atom is 0.146 e. The highest BCUT2D eigenvalue weighted by Gasteiger charge is 2.21. The van der Waals surface area contributed by atoms with Gasteiger partial charge in [0.2, 0.25) is 0 Å². The highest BCUT2D eigenvalue weighted by Crippen LogP contribution is 2.48. The fraction of sp³-hybridized carbons (Fsp3) is 0. The van der Waals surface area contributed by atoms with Gasteiger partial charge in [-0.15, -0.1) is 11.3 Å². The quantitative estimate of drug-likeness (QED) is 0.195. The van der Waals surface area contributed by atoms with Crippen molar-refractivity contribution in [3.8, 4) is 22.3 Å². The normalized spacial score (nSPS) is 12.2. The van der Waals surface area contributed by atoms with Crippen LogP contribution < -0.4 is 0 Å². The van der Waals surface area contributed by atoms with Gasteiger partial charge in [-0.05, 0) is 86.3 Å². The first-order chi connectivity index (χ1) is 21.3. The monoisotopic (exact) mass is 566 g/mol. The zero-order valence-electron chi connectivity index (χ0n) is 22.9. The minimum atomic E-state index is 0.837. The van der Waals surface area contributed by atoms with Gasteiger partial charge < -0.3 is 8.83 Å². The molecule has 0 saturated carbocycles. The topological polar surface area (TPSA) is 26.3 Å². The van der Waals surface area contributed by atoms with Crippen molar-refractivity contribution in [2.75, 3.05) is 0 Å². The van der Waals surface area contributed by atoms with Crippen LogP contribution in [-0.4, -0.2) is 0 Å². The zero-order chi connectivity index (χ0) is 28.1. The Hall–Kier alpha value is -5.38. The molecule has 0 saturated heterocycles. The zero-order valence-corrected chi connectivity index (χ0v) is 23.7. The molecular formula is C40H22O2S. The Labute approximate surface area is 250 Å². The fourth-order valence-corrected chi connectivity index (χ4v) is 8.23. The number of hydrogen-bond acceptors (Lipinski definition) is 3. The molecule has 200 valence electrons. The Morgan fingerprint density at radius 2 is 1.14 bits per heavy atom. The summed E-state index contributed by atoms with van der Waals surface area (Å²) in [4.78, 5) is 0. The first-order valence-electron chi connectivity index (χ1n) is 14.5. The summed E-state index contributed by atoms with van der Waals surface area (Å²) in [7, 11) is 0. The van der Waals surface area contributed by atoms with Gasteiger partial charge in [-0.1, -0.05) is 84.9 Å². The Kier molecular flexibility index (Phi) is 4.63. The van der Waals surface area contributed by atoms with E-state index in [1.54, 1.807) is 6.26 Å². The summed E-state index contributed by atoms with van der Waals surface area (Å²) in [5, 5.41) is 10.8. The van der Waals surface area contributed by atoms with Crippen LogP contribution in [0.2, 0.25) is 0 Å². The molecule has 0 aliphatic carbocycles. The number of furan rings is 2. The van der Waals surface area contributed by atoms with Crippen molar-refractivity contribution in [2.24, 2.45) is 0 Å². The summed E-state index contributed by atoms with van der Waals surface area (Å²) in [6.45, 7) is 0. The van der Waals surface area contributed by atoms with Crippen LogP contribution in [0, 0.1) is 0 Å². The lowest BCUT2D eigenvalue weighted by atomic mass is 9.84. The molecule has 0 spiro atoms. The predicted octanol–water partition coefficient (Wildman–Crippen LogP) is 12.3. The molecule has 0 N–H and O–H groups in total. The lowest BCUT2D eigenvalue weighted by molar-refractivity contribution is 0.615. The first kappa shape index (κ1) is 23.2. The molecule has 0 atom stereocenters. The number of hydrogen-bond donors (Lipinski definition) is 0. The van der Waals surface area contributed by atoms with E-state index in [9.17, 15) is 0 Å². The van der Waals surface area contributed by atoms with E-state index < -0.39 is 0 Å². The highest BCUT2D eigenvalue weighted by atomic mass is 32.1. The minimum absolute atomic E-state index is 0.837. The number of fused-ring (bicyclic) bond motifs is 10. The average molecular weight is 567 g/mol. The summed E-state index contributed by atoms with van der Waals surface area (Å²) < 4.78 is 14.9. The van der Waals surface area contributed by atoms with Gasteiger partial charge in [0.05, 0.1) is 11.6 Å². The lowest BCUT2D eigenvalue weighted by Gasteiger charge is -2.18. The average Bonchev–Trinajstić information content (AvgIpc) is 3.78. The van der Waals surface area contributed by atoms with Gasteiger partial charge in [-0.3, -0.25) is 0 Å². The van der Waals surface area contributed by atoms with Crippen molar-refractivity contribution < 1.29 is 8.83 Å². The molecule has 2 nitrogen and oxygen atoms in total. The van der Waals surface area contributed by atoms with Crippen molar-refractivity contribution in [3.05, 3.63) is 134 Å². The predicted molar refractivity (Wildman–Crippen MR) is 182 cm³/mol. The number of thiophene rings is 1. The van der Waals surface area contributed by atoms with Gasteiger partial charge in [0, 0.05) is 30.9 Å². The molecular weight excluding hydrogens is 545 g/mol. The molecule has 0 aliphatic heterocycles. The van der Waals surface area contributed by atoms with E-state index >= 15 is 0 Å². The van der Waals surface area contributed by atoms with E-state index in [-0.39, 0.29) is 0 Å². The smallest absolute Gasteiger partial charge is 0.146 e. The molecule has 0 fully saturated rings. The molecule has 7 aromatic carbocycles. The Bertz CT molecular complexity index is 2680. The Balaban J connectivity index is 1.34. The van der Waals surface area contributed by atoms with Gasteiger partial charge in [0.1, 0.15) is 16.7 Å². The molecule has 3 heteroatoms. The van der Waals surface area contributed by atoms with E-state index in [4.69, 9.17) is 8.83 Å². The lowest BCUT2D eigenvalue weighted by Crippen LogP contribution is -1.91. The third-order valence-corrected chi connectivity index (χ3v) is 10.1. The van der Waals surface area contributed by atoms with Crippen molar-refractivity contribution >= 4 is 86.0 Å². The standard InChI is InChI=1S/C40H22O2S/c1-3-11-27-25(9-1)37(23-16-19-36-32(22-23)24-8-5-6-15-35(24)43-36)26-10-2-4-12-28(26)38(27)30-13-7-14-34-39(30)31-17-18-33-29(20-21-41-33)40(31)42-34/h1-22H. The first-order valence-corrected chi connectivity index (χ1v) is 15.3. The Morgan fingerprint density at radius 3 is 1.93 bits per heavy atom. The second kappa shape index (κ2) is 8.57. The van der Waals surface area contributed by atoms with Crippen molar-refractivity contribution in [2.45, 2.75) is 0 Å². The second-order valence-corrected chi connectivity index (χ2v) is 12.3. The summed E-state index contributed by atoms with van der Waals surface area (Å²) in [6.07, 6.45) is 1.73.